The molecule has 0 atom stereocenters. The van der Waals surface area contributed by atoms with Gasteiger partial charge < -0.3 is 0 Å². The molecule has 0 amide bonds. The normalized spacial score (nSPS) is 8.59. The molecule has 1 aromatic carbocycles. The average molecular weight is 256 g/mol. The van der Waals surface area contributed by atoms with Gasteiger partial charge in [-0.1, -0.05) is 68.3 Å². The molecule has 1 rings (SSSR count). The lowest BCUT2D eigenvalue weighted by atomic mass is 10.2. The van der Waals surface area contributed by atoms with Crippen LogP contribution in [0.2, 0.25) is 0 Å². The third-order valence-electron chi connectivity index (χ3n) is 1.20. The summed E-state index contributed by atoms with van der Waals surface area (Å²) < 4.78 is 31.6. The van der Waals surface area contributed by atoms with Gasteiger partial charge in [0.25, 0.3) is 0 Å². The Bertz CT molecular complexity index is 407. The monoisotopic (exact) mass is 256 g/mol. The first-order chi connectivity index (χ1) is 7.85. The number of benzene rings is 1. The molecular formula is C12H16O4S. The first kappa shape index (κ1) is 17.7. The first-order valence-corrected chi connectivity index (χ1v) is 5.85. The van der Waals surface area contributed by atoms with E-state index in [1.165, 1.54) is 5.56 Å². The molecule has 0 spiro atoms. The molecule has 0 bridgehead atoms. The summed E-state index contributed by atoms with van der Waals surface area (Å²) in [5, 5.41) is 0. The SMILES string of the molecule is C=CC=C.C=Cc1ccccc1.O=S(=O)(O)O. The van der Waals surface area contributed by atoms with Crippen molar-refractivity contribution in [1.82, 2.24) is 0 Å². The molecule has 2 N–H and O–H groups in total. The number of allylic oxidation sites excluding steroid dienone is 2. The molecule has 0 heterocycles. The molecule has 94 valence electrons. The Balaban J connectivity index is 0. The second kappa shape index (κ2) is 10.8. The predicted molar refractivity (Wildman–Crippen MR) is 71.1 cm³/mol. The summed E-state index contributed by atoms with van der Waals surface area (Å²) in [6, 6.07) is 10.0. The highest BCUT2D eigenvalue weighted by molar-refractivity contribution is 7.79. The summed E-state index contributed by atoms with van der Waals surface area (Å²) in [5.74, 6) is 0. The van der Waals surface area contributed by atoms with E-state index in [-0.39, 0.29) is 0 Å². The Morgan fingerprint density at radius 2 is 1.29 bits per heavy atom. The Hall–Kier alpha value is -1.69. The lowest BCUT2D eigenvalue weighted by Crippen LogP contribution is -1.89. The van der Waals surface area contributed by atoms with Crippen molar-refractivity contribution in [2.24, 2.45) is 0 Å². The zero-order chi connectivity index (χ0) is 13.7. The second-order valence-corrected chi connectivity index (χ2v) is 3.43. The summed E-state index contributed by atoms with van der Waals surface area (Å²) in [7, 11) is -4.67. The fraction of sp³-hybridized carbons (Fsp3) is 0. The van der Waals surface area contributed by atoms with Crippen molar-refractivity contribution < 1.29 is 17.5 Å². The molecule has 0 aliphatic carbocycles. The third kappa shape index (κ3) is 25.0. The van der Waals surface area contributed by atoms with E-state index in [2.05, 4.69) is 19.7 Å². The van der Waals surface area contributed by atoms with Crippen LogP contribution in [0.5, 0.6) is 0 Å². The van der Waals surface area contributed by atoms with Crippen molar-refractivity contribution in [3.8, 4) is 0 Å². The van der Waals surface area contributed by atoms with Crippen molar-refractivity contribution in [3.63, 3.8) is 0 Å². The van der Waals surface area contributed by atoms with Crippen LogP contribution in [0.25, 0.3) is 6.08 Å². The van der Waals surface area contributed by atoms with Gasteiger partial charge in [-0.15, -0.1) is 0 Å². The van der Waals surface area contributed by atoms with Gasteiger partial charge in [0.2, 0.25) is 0 Å². The van der Waals surface area contributed by atoms with Crippen LogP contribution in [0.1, 0.15) is 5.56 Å². The third-order valence-corrected chi connectivity index (χ3v) is 1.20. The van der Waals surface area contributed by atoms with Crippen LogP contribution in [0.15, 0.2) is 62.2 Å². The van der Waals surface area contributed by atoms with E-state index in [1.54, 1.807) is 12.2 Å². The van der Waals surface area contributed by atoms with Crippen molar-refractivity contribution in [2.75, 3.05) is 0 Å². The van der Waals surface area contributed by atoms with E-state index in [0.29, 0.717) is 0 Å². The van der Waals surface area contributed by atoms with Crippen LogP contribution in [-0.2, 0) is 10.4 Å². The van der Waals surface area contributed by atoms with E-state index >= 15 is 0 Å². The zero-order valence-corrected chi connectivity index (χ0v) is 10.2. The van der Waals surface area contributed by atoms with Gasteiger partial charge in [0.15, 0.2) is 0 Å². The van der Waals surface area contributed by atoms with Crippen LogP contribution in [0.3, 0.4) is 0 Å². The molecule has 0 aliphatic rings. The fourth-order valence-corrected chi connectivity index (χ4v) is 0.589. The Morgan fingerprint density at radius 3 is 1.47 bits per heavy atom. The largest absolute Gasteiger partial charge is 0.394 e. The molecule has 0 fully saturated rings. The molecule has 17 heavy (non-hydrogen) atoms. The Morgan fingerprint density at radius 1 is 0.941 bits per heavy atom. The van der Waals surface area contributed by atoms with Crippen LogP contribution < -0.4 is 0 Å². The van der Waals surface area contributed by atoms with E-state index in [9.17, 15) is 0 Å². The molecule has 0 saturated heterocycles. The smallest absolute Gasteiger partial charge is 0.264 e. The van der Waals surface area contributed by atoms with Gasteiger partial charge in [-0.2, -0.15) is 8.42 Å². The molecule has 1 aromatic rings. The maximum atomic E-state index is 8.74. The van der Waals surface area contributed by atoms with Crippen molar-refractivity contribution in [1.29, 1.82) is 0 Å². The fourth-order valence-electron chi connectivity index (χ4n) is 0.589. The van der Waals surface area contributed by atoms with Gasteiger partial charge in [0, 0.05) is 0 Å². The van der Waals surface area contributed by atoms with Crippen molar-refractivity contribution >= 4 is 16.5 Å². The lowest BCUT2D eigenvalue weighted by Gasteiger charge is -1.85. The Labute approximate surface area is 102 Å². The first-order valence-electron chi connectivity index (χ1n) is 4.46. The van der Waals surface area contributed by atoms with Crippen LogP contribution in [-0.4, -0.2) is 17.5 Å². The topological polar surface area (TPSA) is 74.6 Å². The number of hydrogen-bond acceptors (Lipinski definition) is 2. The molecule has 0 radical (unpaired) electrons. The Kier molecular flexibility index (Phi) is 11.3. The second-order valence-electron chi connectivity index (χ2n) is 2.53. The van der Waals surface area contributed by atoms with Crippen LogP contribution in [0, 0.1) is 0 Å². The standard InChI is InChI=1S/C8H8.C4H6.H2O4S/c1-2-8-6-4-3-5-7-8;1-3-4-2;1-5(2,3)4/h2-7H,1H2;3-4H,1-2H2;(H2,1,2,3,4). The van der Waals surface area contributed by atoms with Crippen molar-refractivity contribution in [3.05, 3.63) is 67.8 Å². The van der Waals surface area contributed by atoms with Crippen molar-refractivity contribution in [2.45, 2.75) is 0 Å². The van der Waals surface area contributed by atoms with E-state index in [4.69, 9.17) is 17.5 Å². The molecule has 5 heteroatoms. The van der Waals surface area contributed by atoms with Gasteiger partial charge in [-0.3, -0.25) is 9.11 Å². The maximum Gasteiger partial charge on any atom is 0.394 e. The van der Waals surface area contributed by atoms with Crippen LogP contribution in [0.4, 0.5) is 0 Å². The van der Waals surface area contributed by atoms with E-state index in [1.807, 2.05) is 36.4 Å². The number of hydrogen-bond donors (Lipinski definition) is 2. The summed E-state index contributed by atoms with van der Waals surface area (Å²) in [4.78, 5) is 0. The predicted octanol–water partition coefficient (Wildman–Crippen LogP) is 3.04. The number of rotatable bonds is 2. The molecule has 0 aromatic heterocycles. The highest BCUT2D eigenvalue weighted by Gasteiger charge is 1.84. The molecule has 0 unspecified atom stereocenters. The minimum absolute atomic E-state index is 1.17. The van der Waals surface area contributed by atoms with Crippen LogP contribution >= 0.6 is 0 Å². The average Bonchev–Trinajstić information content (AvgIpc) is 2.28. The van der Waals surface area contributed by atoms with Gasteiger partial charge >= 0.3 is 10.4 Å². The molecule has 0 aliphatic heterocycles. The van der Waals surface area contributed by atoms with Gasteiger partial charge in [0.1, 0.15) is 0 Å². The zero-order valence-electron chi connectivity index (χ0n) is 9.36. The highest BCUT2D eigenvalue weighted by Crippen LogP contribution is 1.97. The van der Waals surface area contributed by atoms with Gasteiger partial charge in [-0.25, -0.2) is 0 Å². The quantitative estimate of drug-likeness (QED) is 0.630. The minimum Gasteiger partial charge on any atom is -0.264 e. The highest BCUT2D eigenvalue weighted by atomic mass is 32.3. The summed E-state index contributed by atoms with van der Waals surface area (Å²) in [6.45, 7) is 10.4. The maximum absolute atomic E-state index is 8.74. The summed E-state index contributed by atoms with van der Waals surface area (Å²) in [6.07, 6.45) is 5.11. The summed E-state index contributed by atoms with van der Waals surface area (Å²) >= 11 is 0. The van der Waals surface area contributed by atoms with E-state index < -0.39 is 10.4 Å². The van der Waals surface area contributed by atoms with Gasteiger partial charge in [0.05, 0.1) is 0 Å². The minimum atomic E-state index is -4.67. The summed E-state index contributed by atoms with van der Waals surface area (Å²) in [5.41, 5.74) is 1.17. The lowest BCUT2D eigenvalue weighted by molar-refractivity contribution is 0.381. The molecule has 0 saturated carbocycles. The van der Waals surface area contributed by atoms with Gasteiger partial charge in [-0.05, 0) is 5.56 Å². The van der Waals surface area contributed by atoms with E-state index in [0.717, 1.165) is 0 Å². The molecule has 4 nitrogen and oxygen atoms in total. The molecular weight excluding hydrogens is 240 g/mol.